The maximum absolute atomic E-state index is 14.1. The number of benzene rings is 2. The highest BCUT2D eigenvalue weighted by molar-refractivity contribution is 6.24. The van der Waals surface area contributed by atoms with Crippen LogP contribution in [0.5, 0.6) is 5.75 Å². The first-order valence-corrected chi connectivity index (χ1v) is 13.5. The Morgan fingerprint density at radius 1 is 1.05 bits per heavy atom. The Labute approximate surface area is 238 Å². The van der Waals surface area contributed by atoms with E-state index < -0.39 is 58.0 Å². The molecule has 10 heteroatoms. The van der Waals surface area contributed by atoms with Crippen LogP contribution in [0.1, 0.15) is 28.7 Å². The number of amides is 1. The largest absolute Gasteiger partial charge is 0.508 e. The van der Waals surface area contributed by atoms with E-state index in [1.165, 1.54) is 4.90 Å². The molecule has 41 heavy (non-hydrogen) atoms. The molecule has 0 radical (unpaired) electrons. The highest BCUT2D eigenvalue weighted by atomic mass is 16.3. The van der Waals surface area contributed by atoms with Crippen molar-refractivity contribution >= 4 is 28.9 Å². The van der Waals surface area contributed by atoms with E-state index >= 15 is 0 Å². The number of aliphatic hydroxyl groups excluding tert-OH is 2. The standard InChI is InChI=1S/C31H35N3O7/c1-33(2)20-14-16(11-10-15-8-6-5-7-9-15)25(35)22-18(20)12-17-13-19-24(34(3)4)27(37)23(30(32)40)29(39)31(19,41)28(38)21(17)26(22)36/h5-9,14,17,19,24,35-36,39,41H,10-13H2,1-4H3,(H2,32,40)/t17-,19-,24-,31-/m1/s1. The van der Waals surface area contributed by atoms with E-state index in [1.54, 1.807) is 14.1 Å². The zero-order chi connectivity index (χ0) is 30.0. The number of hydrogen-bond donors (Lipinski definition) is 5. The molecule has 2 aromatic rings. The number of aryl methyl sites for hydroxylation is 2. The van der Waals surface area contributed by atoms with Crippen molar-refractivity contribution in [1.82, 2.24) is 4.90 Å². The van der Waals surface area contributed by atoms with Gasteiger partial charge in [0.2, 0.25) is 5.78 Å². The number of hydrogen-bond acceptors (Lipinski definition) is 9. The van der Waals surface area contributed by atoms with Crippen LogP contribution in [0, 0.1) is 11.8 Å². The van der Waals surface area contributed by atoms with Gasteiger partial charge in [-0.25, -0.2) is 0 Å². The van der Waals surface area contributed by atoms with Crippen molar-refractivity contribution in [3.05, 3.63) is 75.6 Å². The summed E-state index contributed by atoms with van der Waals surface area (Å²) >= 11 is 0. The van der Waals surface area contributed by atoms with Gasteiger partial charge >= 0.3 is 0 Å². The predicted molar refractivity (Wildman–Crippen MR) is 152 cm³/mol. The minimum Gasteiger partial charge on any atom is -0.508 e. The van der Waals surface area contributed by atoms with Gasteiger partial charge in [-0.05, 0) is 68.5 Å². The van der Waals surface area contributed by atoms with E-state index in [-0.39, 0.29) is 29.7 Å². The number of nitrogens with two attached hydrogens (primary N) is 1. The Morgan fingerprint density at radius 2 is 1.71 bits per heavy atom. The van der Waals surface area contributed by atoms with Gasteiger partial charge in [-0.2, -0.15) is 0 Å². The van der Waals surface area contributed by atoms with Crippen molar-refractivity contribution in [2.75, 3.05) is 33.1 Å². The molecule has 4 atom stereocenters. The summed E-state index contributed by atoms with van der Waals surface area (Å²) in [5.74, 6) is -6.51. The van der Waals surface area contributed by atoms with Crippen LogP contribution >= 0.6 is 0 Å². The fourth-order valence-electron chi connectivity index (χ4n) is 6.86. The number of nitrogens with zero attached hydrogens (tertiary/aromatic N) is 2. The van der Waals surface area contributed by atoms with Crippen molar-refractivity contribution in [3.63, 3.8) is 0 Å². The highest BCUT2D eigenvalue weighted by Gasteiger charge is 2.64. The Bertz CT molecular complexity index is 1530. The lowest BCUT2D eigenvalue weighted by Gasteiger charge is -2.50. The minimum atomic E-state index is -2.66. The summed E-state index contributed by atoms with van der Waals surface area (Å²) in [5.41, 5.74) is 4.92. The van der Waals surface area contributed by atoms with E-state index in [2.05, 4.69) is 0 Å². The smallest absolute Gasteiger partial charge is 0.255 e. The number of fused-ring (bicyclic) bond motifs is 3. The van der Waals surface area contributed by atoms with E-state index in [0.29, 0.717) is 24.0 Å². The van der Waals surface area contributed by atoms with Crippen molar-refractivity contribution in [2.45, 2.75) is 37.3 Å². The molecule has 1 fully saturated rings. The summed E-state index contributed by atoms with van der Waals surface area (Å²) in [7, 11) is 6.86. The van der Waals surface area contributed by atoms with E-state index in [4.69, 9.17) is 5.73 Å². The van der Waals surface area contributed by atoms with Crippen LogP contribution in [0.3, 0.4) is 0 Å². The van der Waals surface area contributed by atoms with Crippen LogP contribution in [0.2, 0.25) is 0 Å². The molecular formula is C31H35N3O7. The van der Waals surface area contributed by atoms with Gasteiger partial charge in [0.15, 0.2) is 11.4 Å². The molecule has 1 saturated carbocycles. The Kier molecular flexibility index (Phi) is 6.95. The molecule has 10 nitrogen and oxygen atoms in total. The third kappa shape index (κ3) is 4.20. The van der Waals surface area contributed by atoms with Gasteiger partial charge in [0.1, 0.15) is 22.8 Å². The first-order valence-electron chi connectivity index (χ1n) is 13.5. The molecule has 0 heterocycles. The fourth-order valence-corrected chi connectivity index (χ4v) is 6.86. The van der Waals surface area contributed by atoms with Gasteiger partial charge in [-0.15, -0.1) is 0 Å². The van der Waals surface area contributed by atoms with Crippen LogP contribution < -0.4 is 10.6 Å². The number of phenols is 1. The highest BCUT2D eigenvalue weighted by Crippen LogP contribution is 2.54. The lowest BCUT2D eigenvalue weighted by molar-refractivity contribution is -0.153. The number of aromatic hydroxyl groups is 1. The van der Waals surface area contributed by atoms with Crippen molar-refractivity contribution < 1.29 is 34.8 Å². The Morgan fingerprint density at radius 3 is 2.29 bits per heavy atom. The monoisotopic (exact) mass is 561 g/mol. The minimum absolute atomic E-state index is 0.0507. The number of rotatable bonds is 6. The Balaban J connectivity index is 1.68. The Hall–Kier alpha value is -4.15. The number of likely N-dealkylation sites (N-methyl/N-ethyl adjacent to an activating group) is 1. The molecule has 1 amide bonds. The second kappa shape index (κ2) is 10.0. The molecule has 3 aliphatic carbocycles. The summed E-state index contributed by atoms with van der Waals surface area (Å²) in [6.45, 7) is 0. The quantitative estimate of drug-likeness (QED) is 0.331. The number of carbonyl (C=O) groups is 3. The molecular weight excluding hydrogens is 526 g/mol. The number of ketones is 2. The van der Waals surface area contributed by atoms with E-state index in [9.17, 15) is 34.8 Å². The van der Waals surface area contributed by atoms with Crippen LogP contribution in [0.25, 0.3) is 5.76 Å². The number of carbonyl (C=O) groups excluding carboxylic acids is 3. The second-order valence-corrected chi connectivity index (χ2v) is 11.6. The van der Waals surface area contributed by atoms with Crippen LogP contribution in [-0.2, 0) is 33.6 Å². The fraction of sp³-hybridized carbons (Fsp3) is 0.387. The molecule has 6 N–H and O–H groups in total. The van der Waals surface area contributed by atoms with Gasteiger partial charge < -0.3 is 31.1 Å². The first kappa shape index (κ1) is 28.4. The van der Waals surface area contributed by atoms with Crippen molar-refractivity contribution in [1.29, 1.82) is 0 Å². The lowest BCUT2D eigenvalue weighted by atomic mass is 9.57. The second-order valence-electron chi connectivity index (χ2n) is 11.6. The molecule has 0 aromatic heterocycles. The number of anilines is 1. The van der Waals surface area contributed by atoms with Gasteiger partial charge in [0.25, 0.3) is 5.91 Å². The predicted octanol–water partition coefficient (Wildman–Crippen LogP) is 1.82. The molecule has 0 spiro atoms. The SMILES string of the molecule is CN(C)c1cc(CCc2ccccc2)c(O)c2c1C[C@@H]1C[C@@H]3[C@@H](N(C)C)C(=O)C(C(N)=O)=C(O)[C@]3(O)C(=O)C1=C2O. The normalized spacial score (nSPS) is 25.7. The zero-order valence-corrected chi connectivity index (χ0v) is 23.5. The third-order valence-electron chi connectivity index (χ3n) is 8.78. The average molecular weight is 562 g/mol. The van der Waals surface area contributed by atoms with E-state index in [0.717, 1.165) is 11.3 Å². The lowest BCUT2D eigenvalue weighted by Crippen LogP contribution is -2.65. The molecule has 0 bridgehead atoms. The van der Waals surface area contributed by atoms with Crippen LogP contribution in [0.4, 0.5) is 5.69 Å². The molecule has 0 aliphatic heterocycles. The molecule has 5 rings (SSSR count). The number of phenolic OH excluding ortho intramolecular Hbond substituents is 1. The van der Waals surface area contributed by atoms with Crippen LogP contribution in [0.15, 0.2) is 53.3 Å². The molecule has 3 aliphatic rings. The number of Topliss-reactive ketones (excluding diaryl/α,β-unsaturated/α-hetero) is 2. The molecule has 0 unspecified atom stereocenters. The molecule has 0 saturated heterocycles. The van der Waals surface area contributed by atoms with Crippen molar-refractivity contribution in [3.8, 4) is 5.75 Å². The molecule has 216 valence electrons. The van der Waals surface area contributed by atoms with Gasteiger partial charge in [-0.1, -0.05) is 30.3 Å². The summed E-state index contributed by atoms with van der Waals surface area (Å²) in [6.07, 6.45) is 1.40. The number of aliphatic hydroxyl groups is 3. The van der Waals surface area contributed by atoms with E-state index in [1.807, 2.05) is 55.4 Å². The maximum Gasteiger partial charge on any atom is 0.255 e. The van der Waals surface area contributed by atoms with Gasteiger partial charge in [0, 0.05) is 31.3 Å². The summed E-state index contributed by atoms with van der Waals surface area (Å²) in [6, 6.07) is 10.5. The number of primary amides is 1. The third-order valence-corrected chi connectivity index (χ3v) is 8.78. The summed E-state index contributed by atoms with van der Waals surface area (Å²) in [5, 5.41) is 45.9. The van der Waals surface area contributed by atoms with Gasteiger partial charge in [0.05, 0.1) is 11.6 Å². The zero-order valence-electron chi connectivity index (χ0n) is 23.5. The van der Waals surface area contributed by atoms with Crippen molar-refractivity contribution in [2.24, 2.45) is 17.6 Å². The molecule has 2 aromatic carbocycles. The van der Waals surface area contributed by atoms with Crippen LogP contribution in [-0.4, -0.2) is 82.6 Å². The van der Waals surface area contributed by atoms with Gasteiger partial charge in [-0.3, -0.25) is 19.3 Å². The summed E-state index contributed by atoms with van der Waals surface area (Å²) < 4.78 is 0. The average Bonchev–Trinajstić information content (AvgIpc) is 2.90. The summed E-state index contributed by atoms with van der Waals surface area (Å²) in [4.78, 5) is 42.9. The topological polar surface area (TPSA) is 165 Å². The first-order chi connectivity index (χ1) is 19.3. The maximum atomic E-state index is 14.1.